The summed E-state index contributed by atoms with van der Waals surface area (Å²) >= 11 is 1.46. The van der Waals surface area contributed by atoms with Gasteiger partial charge in [0.15, 0.2) is 0 Å². The summed E-state index contributed by atoms with van der Waals surface area (Å²) < 4.78 is 1.45. The van der Waals surface area contributed by atoms with Gasteiger partial charge in [0.2, 0.25) is 5.91 Å². The number of carbonyl (C=O) groups is 1. The van der Waals surface area contributed by atoms with Crippen LogP contribution in [-0.2, 0) is 17.8 Å². The van der Waals surface area contributed by atoms with E-state index in [-0.39, 0.29) is 18.0 Å². The van der Waals surface area contributed by atoms with Crippen LogP contribution in [0.5, 0.6) is 0 Å². The van der Waals surface area contributed by atoms with Crippen LogP contribution in [0, 0.1) is 13.8 Å². The Balaban J connectivity index is 1.53. The van der Waals surface area contributed by atoms with Crippen LogP contribution in [0.15, 0.2) is 59.0 Å². The van der Waals surface area contributed by atoms with Gasteiger partial charge in [0.1, 0.15) is 11.4 Å². The van der Waals surface area contributed by atoms with Gasteiger partial charge in [-0.1, -0.05) is 42.0 Å². The number of hydrogen-bond acceptors (Lipinski definition) is 4. The third-order valence-electron chi connectivity index (χ3n) is 5.95. The Morgan fingerprint density at radius 3 is 2.81 bits per heavy atom. The van der Waals surface area contributed by atoms with Crippen molar-refractivity contribution in [3.63, 3.8) is 0 Å². The lowest BCUT2D eigenvalue weighted by atomic mass is 9.99. The maximum absolute atomic E-state index is 13.4. The summed E-state index contributed by atoms with van der Waals surface area (Å²) in [7, 11) is 0. The van der Waals surface area contributed by atoms with E-state index < -0.39 is 0 Å². The molecule has 1 amide bonds. The lowest BCUT2D eigenvalue weighted by molar-refractivity contribution is -0.119. The van der Waals surface area contributed by atoms with E-state index in [4.69, 9.17) is 0 Å². The number of para-hydroxylation sites is 1. The maximum atomic E-state index is 13.4. The summed E-state index contributed by atoms with van der Waals surface area (Å²) in [6, 6.07) is 14.2. The van der Waals surface area contributed by atoms with E-state index in [2.05, 4.69) is 43.1 Å². The highest BCUT2D eigenvalue weighted by Gasteiger charge is 2.23. The summed E-state index contributed by atoms with van der Waals surface area (Å²) in [5.41, 5.74) is 6.19. The first-order valence-corrected chi connectivity index (χ1v) is 11.3. The summed E-state index contributed by atoms with van der Waals surface area (Å²) in [6.07, 6.45) is 3.40. The van der Waals surface area contributed by atoms with Gasteiger partial charge < -0.3 is 4.90 Å². The van der Waals surface area contributed by atoms with E-state index in [0.29, 0.717) is 16.8 Å². The smallest absolute Gasteiger partial charge is 0.263 e. The molecule has 31 heavy (non-hydrogen) atoms. The SMILES string of the molecule is Cc1ccc(-c2csc3ncn(CC(=O)N4CCCc5ccccc54)c(=O)c23)c(C)c1. The molecule has 0 spiro atoms. The average molecular weight is 430 g/mol. The third kappa shape index (κ3) is 3.47. The quantitative estimate of drug-likeness (QED) is 0.473. The van der Waals surface area contributed by atoms with Gasteiger partial charge in [-0.2, -0.15) is 0 Å². The van der Waals surface area contributed by atoms with Gasteiger partial charge in [0, 0.05) is 23.2 Å². The zero-order chi connectivity index (χ0) is 21.5. The Bertz CT molecular complexity index is 1370. The Morgan fingerprint density at radius 1 is 1.13 bits per heavy atom. The Hall–Kier alpha value is -3.25. The molecule has 0 saturated heterocycles. The normalized spacial score (nSPS) is 13.4. The van der Waals surface area contributed by atoms with Crippen LogP contribution in [0.1, 0.15) is 23.1 Å². The number of hydrogen-bond donors (Lipinski definition) is 0. The highest BCUT2D eigenvalue weighted by atomic mass is 32.1. The highest BCUT2D eigenvalue weighted by molar-refractivity contribution is 7.17. The molecular formula is C25H23N3O2S. The zero-order valence-corrected chi connectivity index (χ0v) is 18.4. The monoisotopic (exact) mass is 429 g/mol. The molecule has 2 aromatic heterocycles. The topological polar surface area (TPSA) is 55.2 Å². The van der Waals surface area contributed by atoms with Gasteiger partial charge in [-0.15, -0.1) is 11.3 Å². The second-order valence-corrected chi connectivity index (χ2v) is 8.96. The van der Waals surface area contributed by atoms with Crippen LogP contribution in [0.3, 0.4) is 0 Å². The van der Waals surface area contributed by atoms with Crippen LogP contribution in [-0.4, -0.2) is 22.0 Å². The van der Waals surface area contributed by atoms with Gasteiger partial charge in [0.05, 0.1) is 11.7 Å². The van der Waals surface area contributed by atoms with E-state index in [1.807, 2.05) is 23.6 Å². The third-order valence-corrected chi connectivity index (χ3v) is 6.84. The fourth-order valence-electron chi connectivity index (χ4n) is 4.42. The molecule has 0 unspecified atom stereocenters. The molecule has 4 aromatic rings. The van der Waals surface area contributed by atoms with Crippen molar-refractivity contribution in [3.8, 4) is 11.1 Å². The number of rotatable bonds is 3. The Kier molecular flexibility index (Phi) is 4.94. The number of anilines is 1. The molecule has 0 bridgehead atoms. The molecule has 2 aromatic carbocycles. The predicted octanol–water partition coefficient (Wildman–Crippen LogP) is 4.72. The largest absolute Gasteiger partial charge is 0.311 e. The van der Waals surface area contributed by atoms with Crippen LogP contribution >= 0.6 is 11.3 Å². The zero-order valence-electron chi connectivity index (χ0n) is 17.6. The van der Waals surface area contributed by atoms with Gasteiger partial charge in [-0.25, -0.2) is 4.98 Å². The minimum absolute atomic E-state index is 0.0156. The maximum Gasteiger partial charge on any atom is 0.263 e. The molecule has 0 radical (unpaired) electrons. The minimum Gasteiger partial charge on any atom is -0.311 e. The van der Waals surface area contributed by atoms with E-state index >= 15 is 0 Å². The van der Waals surface area contributed by atoms with Crippen molar-refractivity contribution < 1.29 is 4.79 Å². The van der Waals surface area contributed by atoms with Crippen molar-refractivity contribution in [3.05, 3.63) is 81.2 Å². The number of amides is 1. The number of benzene rings is 2. The fraction of sp³-hybridized carbons (Fsp3) is 0.240. The number of fused-ring (bicyclic) bond motifs is 2. The number of aryl methyl sites for hydroxylation is 3. The molecule has 0 fully saturated rings. The number of thiophene rings is 1. The first-order chi connectivity index (χ1) is 15.0. The molecule has 0 N–H and O–H groups in total. The minimum atomic E-state index is -0.167. The lowest BCUT2D eigenvalue weighted by Crippen LogP contribution is -2.39. The van der Waals surface area contributed by atoms with Gasteiger partial charge in [0.25, 0.3) is 5.56 Å². The van der Waals surface area contributed by atoms with E-state index in [0.717, 1.165) is 35.2 Å². The predicted molar refractivity (Wildman–Crippen MR) is 126 cm³/mol. The lowest BCUT2D eigenvalue weighted by Gasteiger charge is -2.29. The first-order valence-electron chi connectivity index (χ1n) is 10.5. The molecule has 1 aliphatic rings. The summed E-state index contributed by atoms with van der Waals surface area (Å²) in [4.78, 5) is 33.5. The molecule has 3 heterocycles. The molecule has 5 rings (SSSR count). The van der Waals surface area contributed by atoms with Crippen molar-refractivity contribution in [2.75, 3.05) is 11.4 Å². The summed E-state index contributed by atoms with van der Waals surface area (Å²) in [5, 5.41) is 2.58. The first kappa shape index (κ1) is 19.7. The second-order valence-electron chi connectivity index (χ2n) is 8.10. The number of aromatic nitrogens is 2. The van der Waals surface area contributed by atoms with Crippen molar-refractivity contribution in [2.45, 2.75) is 33.2 Å². The Labute approximate surface area is 184 Å². The highest BCUT2D eigenvalue weighted by Crippen LogP contribution is 2.33. The van der Waals surface area contributed by atoms with Crippen molar-refractivity contribution in [1.82, 2.24) is 9.55 Å². The van der Waals surface area contributed by atoms with Crippen LogP contribution in [0.25, 0.3) is 21.3 Å². The molecule has 0 atom stereocenters. The molecule has 0 saturated carbocycles. The summed E-state index contributed by atoms with van der Waals surface area (Å²) in [6.45, 7) is 4.77. The van der Waals surface area contributed by atoms with Crippen molar-refractivity contribution >= 4 is 33.1 Å². The van der Waals surface area contributed by atoms with E-state index in [1.54, 1.807) is 4.90 Å². The standard InChI is InChI=1S/C25H23N3O2S/c1-16-9-10-19(17(2)12-16)20-14-31-24-23(20)25(30)27(15-26-24)13-22(29)28-11-5-7-18-6-3-4-8-21(18)28/h3-4,6,8-10,12,14-15H,5,7,11,13H2,1-2H3. The molecular weight excluding hydrogens is 406 g/mol. The number of nitrogens with zero attached hydrogens (tertiary/aromatic N) is 3. The van der Waals surface area contributed by atoms with E-state index in [1.165, 1.54) is 33.4 Å². The summed E-state index contributed by atoms with van der Waals surface area (Å²) in [5.74, 6) is -0.0845. The van der Waals surface area contributed by atoms with Crippen LogP contribution < -0.4 is 10.5 Å². The Morgan fingerprint density at radius 2 is 1.97 bits per heavy atom. The van der Waals surface area contributed by atoms with Crippen LogP contribution in [0.4, 0.5) is 5.69 Å². The molecule has 5 nitrogen and oxygen atoms in total. The van der Waals surface area contributed by atoms with Gasteiger partial charge >= 0.3 is 0 Å². The van der Waals surface area contributed by atoms with Crippen LogP contribution in [0.2, 0.25) is 0 Å². The molecule has 6 heteroatoms. The number of carbonyl (C=O) groups excluding carboxylic acids is 1. The van der Waals surface area contributed by atoms with E-state index in [9.17, 15) is 9.59 Å². The second kappa shape index (κ2) is 7.78. The van der Waals surface area contributed by atoms with Crippen molar-refractivity contribution in [1.29, 1.82) is 0 Å². The fourth-order valence-corrected chi connectivity index (χ4v) is 5.32. The molecule has 156 valence electrons. The molecule has 0 aliphatic carbocycles. The average Bonchev–Trinajstić information content (AvgIpc) is 3.20. The molecule has 1 aliphatic heterocycles. The van der Waals surface area contributed by atoms with Gasteiger partial charge in [-0.3, -0.25) is 14.2 Å². The van der Waals surface area contributed by atoms with Crippen molar-refractivity contribution in [2.24, 2.45) is 0 Å². The van der Waals surface area contributed by atoms with Gasteiger partial charge in [-0.05, 0) is 49.4 Å².